The van der Waals surface area contributed by atoms with Crippen LogP contribution in [0.3, 0.4) is 0 Å². The number of hydrogen-bond donors (Lipinski definition) is 4. The maximum Gasteiger partial charge on any atom is 0.315 e. The second-order valence-electron chi connectivity index (χ2n) is 18.0. The van der Waals surface area contributed by atoms with Gasteiger partial charge in [-0.15, -0.1) is 0 Å². The number of nitrogens with zero attached hydrogens (tertiary/aromatic N) is 1. The fourth-order valence-electron chi connectivity index (χ4n) is 10.4. The molecule has 0 spiro atoms. The molecule has 6 fully saturated rings. The first-order chi connectivity index (χ1) is 24.6. The summed E-state index contributed by atoms with van der Waals surface area (Å²) in [4.78, 5) is 71.2. The summed E-state index contributed by atoms with van der Waals surface area (Å²) in [5.41, 5.74) is -1.62. The van der Waals surface area contributed by atoms with E-state index in [9.17, 15) is 32.4 Å². The average Bonchev–Trinajstić information content (AvgIpc) is 3.96. The van der Waals surface area contributed by atoms with Crippen LogP contribution in [0.25, 0.3) is 0 Å². The van der Waals surface area contributed by atoms with Gasteiger partial charge in [0.2, 0.25) is 17.6 Å². The highest BCUT2D eigenvalue weighted by Crippen LogP contribution is 2.65. The van der Waals surface area contributed by atoms with E-state index in [-0.39, 0.29) is 35.0 Å². The van der Waals surface area contributed by atoms with Gasteiger partial charge in [0.1, 0.15) is 12.1 Å². The van der Waals surface area contributed by atoms with Gasteiger partial charge in [0.25, 0.3) is 5.91 Å². The highest BCUT2D eigenvalue weighted by molar-refractivity contribution is 7.92. The molecule has 0 aromatic rings. The van der Waals surface area contributed by atoms with Crippen molar-refractivity contribution in [3.63, 3.8) is 0 Å². The fourth-order valence-corrected chi connectivity index (χ4v) is 12.8. The van der Waals surface area contributed by atoms with Gasteiger partial charge in [-0.25, -0.2) is 13.2 Å². The van der Waals surface area contributed by atoms with Crippen molar-refractivity contribution in [3.05, 3.63) is 0 Å². The van der Waals surface area contributed by atoms with Crippen molar-refractivity contribution in [2.24, 2.45) is 22.7 Å². The van der Waals surface area contributed by atoms with Crippen LogP contribution < -0.4 is 21.3 Å². The third-order valence-corrected chi connectivity index (χ3v) is 16.3. The van der Waals surface area contributed by atoms with Gasteiger partial charge in [-0.1, -0.05) is 85.5 Å². The van der Waals surface area contributed by atoms with Gasteiger partial charge >= 0.3 is 6.03 Å². The second kappa shape index (κ2) is 15.2. The average molecular weight is 746 g/mol. The lowest BCUT2D eigenvalue weighted by Crippen LogP contribution is -2.66. The highest BCUT2D eigenvalue weighted by Gasteiger charge is 2.70. The van der Waals surface area contributed by atoms with E-state index in [2.05, 4.69) is 35.1 Å². The number of unbranched alkanes of at least 4 members (excludes halogenated alkanes) is 1. The van der Waals surface area contributed by atoms with Crippen molar-refractivity contribution < 1.29 is 32.4 Å². The molecule has 6 aliphatic rings. The molecule has 0 aromatic carbocycles. The molecule has 4 N–H and O–H groups in total. The standard InChI is InChI=1S/C39H63N5O7S/c1-5-6-15-27(31(45)34(47)40-25-17-18-25)41-33(46)30-29-26(37(29,2)3)24-44(30)35(48)32(38(4)19-10-7-11-20-38)42-36(49)43-39(21-12-8-13-22-39)28-16-9-14-23-52(28,50)51/h25-30,32H,5-24H2,1-4H3,(H,40,47)(H,41,46)(H2,42,43,49)/t26-,27-,28+,29-,30-,32+/m0/s1. The lowest BCUT2D eigenvalue weighted by Gasteiger charge is -2.46. The number of piperidine rings is 1. The number of nitrogens with one attached hydrogen (secondary N) is 4. The summed E-state index contributed by atoms with van der Waals surface area (Å²) in [5, 5.41) is 11.3. The lowest BCUT2D eigenvalue weighted by atomic mass is 9.70. The first-order valence-corrected chi connectivity index (χ1v) is 22.1. The van der Waals surface area contributed by atoms with Crippen molar-refractivity contribution in [1.29, 1.82) is 0 Å². The first kappa shape index (κ1) is 39.0. The third-order valence-electron chi connectivity index (χ3n) is 13.9. The highest BCUT2D eigenvalue weighted by atomic mass is 32.2. The smallest absolute Gasteiger partial charge is 0.315 e. The number of rotatable bonds is 13. The van der Waals surface area contributed by atoms with Gasteiger partial charge in [0, 0.05) is 12.6 Å². The molecule has 12 nitrogen and oxygen atoms in total. The Morgan fingerprint density at radius 3 is 2.10 bits per heavy atom. The van der Waals surface area contributed by atoms with E-state index in [0.717, 1.165) is 77.0 Å². The number of amides is 5. The number of sulfone groups is 1. The molecule has 292 valence electrons. The Hall–Kier alpha value is -2.70. The number of Topliss-reactive ketones (excluding diaryl/α,β-unsaturated/α-hetero) is 1. The van der Waals surface area contributed by atoms with Crippen molar-refractivity contribution >= 4 is 39.4 Å². The Kier molecular flexibility index (Phi) is 11.4. The molecule has 2 heterocycles. The summed E-state index contributed by atoms with van der Waals surface area (Å²) in [5.74, 6) is -1.96. The SMILES string of the molecule is CCCC[C@H](NC(=O)[C@@H]1[C@@H]2[C@H](CN1C(=O)[C@@H](NC(=O)NC1([C@H]3CCCCS3(=O)=O)CCCCC1)C1(C)CCCCC1)C2(C)C)C(=O)C(=O)NC1CC1. The van der Waals surface area contributed by atoms with Gasteiger partial charge in [0.05, 0.1) is 22.6 Å². The summed E-state index contributed by atoms with van der Waals surface area (Å²) in [6, 6.07) is -3.26. The number of fused-ring (bicyclic) bond motifs is 1. The predicted octanol–water partition coefficient (Wildman–Crippen LogP) is 4.30. The Morgan fingerprint density at radius 1 is 0.827 bits per heavy atom. The molecular formula is C39H63N5O7S. The summed E-state index contributed by atoms with van der Waals surface area (Å²) in [7, 11) is -3.39. The summed E-state index contributed by atoms with van der Waals surface area (Å²) in [6.07, 6.45) is 13.6. The molecule has 13 heteroatoms. The molecule has 0 unspecified atom stereocenters. The molecule has 5 amide bonds. The zero-order valence-corrected chi connectivity index (χ0v) is 32.7. The zero-order valence-electron chi connectivity index (χ0n) is 31.9. The second-order valence-corrected chi connectivity index (χ2v) is 20.3. The minimum Gasteiger partial charge on any atom is -0.347 e. The molecule has 0 aromatic heterocycles. The summed E-state index contributed by atoms with van der Waals surface area (Å²) in [6.45, 7) is 8.60. The molecule has 4 saturated carbocycles. The predicted molar refractivity (Wildman–Crippen MR) is 198 cm³/mol. The van der Waals surface area contributed by atoms with Crippen LogP contribution in [0.1, 0.15) is 143 Å². The Bertz CT molecular complexity index is 1500. The molecule has 4 aliphatic carbocycles. The Labute approximate surface area is 310 Å². The van der Waals surface area contributed by atoms with Gasteiger partial charge in [-0.3, -0.25) is 19.2 Å². The first-order valence-electron chi connectivity index (χ1n) is 20.4. The number of urea groups is 1. The third kappa shape index (κ3) is 7.90. The molecule has 0 bridgehead atoms. The van der Waals surface area contributed by atoms with E-state index in [0.29, 0.717) is 45.1 Å². The lowest BCUT2D eigenvalue weighted by molar-refractivity contribution is -0.146. The van der Waals surface area contributed by atoms with E-state index >= 15 is 0 Å². The van der Waals surface area contributed by atoms with Crippen LogP contribution in [0.15, 0.2) is 0 Å². The molecular weight excluding hydrogens is 683 g/mol. The van der Waals surface area contributed by atoms with Crippen molar-refractivity contribution in [2.45, 2.75) is 178 Å². The number of hydrogen-bond acceptors (Lipinski definition) is 7. The largest absolute Gasteiger partial charge is 0.347 e. The number of ketones is 1. The van der Waals surface area contributed by atoms with Gasteiger partial charge in [-0.2, -0.15) is 0 Å². The van der Waals surface area contributed by atoms with Crippen LogP contribution in [-0.2, 0) is 29.0 Å². The topological polar surface area (TPSA) is 171 Å². The molecule has 2 saturated heterocycles. The monoisotopic (exact) mass is 745 g/mol. The quantitative estimate of drug-likeness (QED) is 0.204. The normalized spacial score (nSPS) is 30.9. The van der Waals surface area contributed by atoms with Crippen LogP contribution in [0, 0.1) is 22.7 Å². The maximum absolute atomic E-state index is 15.0. The van der Waals surface area contributed by atoms with Crippen LogP contribution in [0.5, 0.6) is 0 Å². The van der Waals surface area contributed by atoms with Crippen LogP contribution in [-0.4, -0.2) is 90.1 Å². The Morgan fingerprint density at radius 2 is 1.48 bits per heavy atom. The van der Waals surface area contributed by atoms with Crippen LogP contribution in [0.2, 0.25) is 0 Å². The van der Waals surface area contributed by atoms with E-state index in [4.69, 9.17) is 0 Å². The van der Waals surface area contributed by atoms with Crippen LogP contribution >= 0.6 is 0 Å². The van der Waals surface area contributed by atoms with Crippen molar-refractivity contribution in [3.8, 4) is 0 Å². The van der Waals surface area contributed by atoms with E-state index in [1.807, 2.05) is 13.8 Å². The fraction of sp³-hybridized carbons (Fsp3) is 0.872. The van der Waals surface area contributed by atoms with Gasteiger partial charge in [0.15, 0.2) is 9.84 Å². The molecule has 6 rings (SSSR count). The van der Waals surface area contributed by atoms with Gasteiger partial charge < -0.3 is 26.2 Å². The zero-order chi connectivity index (χ0) is 37.5. The number of carbonyl (C=O) groups is 5. The van der Waals surface area contributed by atoms with Crippen molar-refractivity contribution in [2.75, 3.05) is 12.3 Å². The van der Waals surface area contributed by atoms with Crippen LogP contribution in [0.4, 0.5) is 4.79 Å². The minimum atomic E-state index is -3.39. The van der Waals surface area contributed by atoms with Crippen molar-refractivity contribution in [1.82, 2.24) is 26.2 Å². The molecule has 2 aliphatic heterocycles. The summed E-state index contributed by atoms with van der Waals surface area (Å²) >= 11 is 0. The summed E-state index contributed by atoms with van der Waals surface area (Å²) < 4.78 is 26.8. The van der Waals surface area contributed by atoms with Gasteiger partial charge in [-0.05, 0) is 80.5 Å². The molecule has 52 heavy (non-hydrogen) atoms. The molecule has 0 radical (unpaired) electrons. The Balaban J connectivity index is 1.24. The number of carbonyl (C=O) groups excluding carboxylic acids is 5. The van der Waals surface area contributed by atoms with E-state index in [1.165, 1.54) is 0 Å². The molecule has 6 atom stereocenters. The van der Waals surface area contributed by atoms with E-state index < -0.39 is 67.8 Å². The van der Waals surface area contributed by atoms with E-state index in [1.54, 1.807) is 4.90 Å². The number of likely N-dealkylation sites (tertiary alicyclic amines) is 1. The maximum atomic E-state index is 15.0. The minimum absolute atomic E-state index is 0.0118.